The number of nitrogens with zero attached hydrogens (tertiary/aromatic N) is 5. The van der Waals surface area contributed by atoms with E-state index in [2.05, 4.69) is 21.4 Å². The Morgan fingerprint density at radius 2 is 2.09 bits per heavy atom. The summed E-state index contributed by atoms with van der Waals surface area (Å²) in [4.78, 5) is 15.2. The van der Waals surface area contributed by atoms with Crippen molar-refractivity contribution < 1.29 is 4.79 Å². The summed E-state index contributed by atoms with van der Waals surface area (Å²) in [5, 5.41) is 13.1. The zero-order chi connectivity index (χ0) is 15.3. The van der Waals surface area contributed by atoms with E-state index in [1.54, 1.807) is 9.42 Å². The molecule has 0 unspecified atom stereocenters. The van der Waals surface area contributed by atoms with Crippen molar-refractivity contribution in [2.45, 2.75) is 26.2 Å². The molecule has 1 aromatic carbocycles. The van der Waals surface area contributed by atoms with Crippen LogP contribution < -0.4 is 4.90 Å². The molecule has 22 heavy (non-hydrogen) atoms. The maximum absolute atomic E-state index is 12.8. The number of hydrogen-bond donors (Lipinski definition) is 0. The minimum absolute atomic E-state index is 0.0600. The third kappa shape index (κ3) is 1.93. The lowest BCUT2D eigenvalue weighted by Crippen LogP contribution is -2.28. The molecule has 0 aliphatic carbocycles. The van der Waals surface area contributed by atoms with Crippen LogP contribution in [0.2, 0.25) is 0 Å². The number of hydrogen-bond acceptors (Lipinski definition) is 5. The quantitative estimate of drug-likeness (QED) is 0.729. The molecule has 1 aliphatic heterocycles. The average molecular weight is 313 g/mol. The van der Waals surface area contributed by atoms with Gasteiger partial charge in [0.15, 0.2) is 5.82 Å². The van der Waals surface area contributed by atoms with E-state index in [1.165, 1.54) is 16.9 Å². The highest BCUT2D eigenvalue weighted by atomic mass is 32.1. The van der Waals surface area contributed by atoms with Crippen LogP contribution >= 0.6 is 11.3 Å². The molecule has 6 nitrogen and oxygen atoms in total. The molecule has 0 atom stereocenters. The molecule has 4 rings (SSSR count). The molecule has 0 saturated heterocycles. The number of fused-ring (bicyclic) bond motifs is 2. The van der Waals surface area contributed by atoms with Crippen LogP contribution in [0.25, 0.3) is 4.96 Å². The summed E-state index contributed by atoms with van der Waals surface area (Å²) in [6.45, 7) is 4.78. The van der Waals surface area contributed by atoms with E-state index < -0.39 is 0 Å². The zero-order valence-electron chi connectivity index (χ0n) is 12.4. The van der Waals surface area contributed by atoms with Crippen molar-refractivity contribution >= 4 is 27.9 Å². The first-order valence-corrected chi connectivity index (χ1v) is 8.08. The largest absolute Gasteiger partial charge is 0.306 e. The van der Waals surface area contributed by atoms with Crippen molar-refractivity contribution in [3.8, 4) is 0 Å². The van der Waals surface area contributed by atoms with Gasteiger partial charge in [0.25, 0.3) is 5.91 Å². The van der Waals surface area contributed by atoms with Crippen LogP contribution in [0.1, 0.15) is 41.0 Å². The van der Waals surface area contributed by atoms with Gasteiger partial charge in [-0.1, -0.05) is 43.4 Å². The summed E-state index contributed by atoms with van der Waals surface area (Å²) >= 11 is 1.29. The first kappa shape index (κ1) is 13.4. The highest BCUT2D eigenvalue weighted by Gasteiger charge is 2.28. The van der Waals surface area contributed by atoms with Gasteiger partial charge in [0, 0.05) is 18.2 Å². The van der Waals surface area contributed by atoms with Gasteiger partial charge in [0.05, 0.1) is 0 Å². The zero-order valence-corrected chi connectivity index (χ0v) is 13.2. The topological polar surface area (TPSA) is 63.4 Å². The fourth-order valence-electron chi connectivity index (χ4n) is 2.74. The van der Waals surface area contributed by atoms with Crippen molar-refractivity contribution in [1.29, 1.82) is 0 Å². The molecule has 0 N–H and O–H groups in total. The third-order valence-corrected chi connectivity index (χ3v) is 4.73. The van der Waals surface area contributed by atoms with E-state index in [0.717, 1.165) is 17.9 Å². The number of carbonyl (C=O) groups is 1. The Bertz CT molecular complexity index is 866. The van der Waals surface area contributed by atoms with Gasteiger partial charge in [-0.25, -0.2) is 0 Å². The molecule has 3 aromatic rings. The molecule has 0 saturated carbocycles. The average Bonchev–Trinajstić information content (AvgIpc) is 3.19. The van der Waals surface area contributed by atoms with Crippen LogP contribution in [0.4, 0.5) is 5.69 Å². The van der Waals surface area contributed by atoms with Crippen LogP contribution in [-0.4, -0.2) is 32.3 Å². The predicted octanol–water partition coefficient (Wildman–Crippen LogP) is 2.51. The molecule has 7 heteroatoms. The molecule has 3 heterocycles. The van der Waals surface area contributed by atoms with Crippen LogP contribution in [0, 0.1) is 0 Å². The second-order valence-corrected chi connectivity index (χ2v) is 6.61. The van der Waals surface area contributed by atoms with Crippen molar-refractivity contribution in [3.63, 3.8) is 0 Å². The number of anilines is 1. The van der Waals surface area contributed by atoms with Crippen LogP contribution in [-0.2, 0) is 6.42 Å². The minimum atomic E-state index is -0.0600. The van der Waals surface area contributed by atoms with E-state index in [9.17, 15) is 4.79 Å². The Morgan fingerprint density at radius 3 is 2.91 bits per heavy atom. The summed E-state index contributed by atoms with van der Waals surface area (Å²) in [6, 6.07) is 8.02. The Morgan fingerprint density at radius 1 is 1.27 bits per heavy atom. The van der Waals surface area contributed by atoms with E-state index >= 15 is 0 Å². The number of aromatic nitrogens is 4. The normalized spacial score (nSPS) is 14.0. The van der Waals surface area contributed by atoms with Crippen molar-refractivity contribution in [1.82, 2.24) is 19.8 Å². The van der Waals surface area contributed by atoms with Gasteiger partial charge in [-0.2, -0.15) is 4.52 Å². The van der Waals surface area contributed by atoms with E-state index in [1.807, 2.05) is 32.0 Å². The monoisotopic (exact) mass is 313 g/mol. The SMILES string of the molecule is CC(C)c1nnc2sc(C(=O)N3CCc4ccccc43)nn12. The van der Waals surface area contributed by atoms with E-state index in [-0.39, 0.29) is 11.8 Å². The highest BCUT2D eigenvalue weighted by Crippen LogP contribution is 2.30. The van der Waals surface area contributed by atoms with Crippen LogP contribution in [0.15, 0.2) is 24.3 Å². The third-order valence-electron chi connectivity index (χ3n) is 3.85. The summed E-state index contributed by atoms with van der Waals surface area (Å²) in [5.74, 6) is 0.940. The maximum atomic E-state index is 12.8. The van der Waals surface area contributed by atoms with Crippen molar-refractivity contribution in [3.05, 3.63) is 40.7 Å². The molecule has 0 bridgehead atoms. The van der Waals surface area contributed by atoms with Crippen LogP contribution in [0.3, 0.4) is 0 Å². The number of benzene rings is 1. The van der Waals surface area contributed by atoms with Crippen LogP contribution in [0.5, 0.6) is 0 Å². The lowest BCUT2D eigenvalue weighted by atomic mass is 10.2. The van der Waals surface area contributed by atoms with Gasteiger partial charge in [-0.15, -0.1) is 15.3 Å². The van der Waals surface area contributed by atoms with Gasteiger partial charge in [-0.3, -0.25) is 4.79 Å². The number of para-hydroxylation sites is 1. The second kappa shape index (κ2) is 4.88. The summed E-state index contributed by atoms with van der Waals surface area (Å²) in [7, 11) is 0. The minimum Gasteiger partial charge on any atom is -0.306 e. The van der Waals surface area contributed by atoms with Crippen molar-refractivity contribution in [2.24, 2.45) is 0 Å². The first-order chi connectivity index (χ1) is 10.6. The highest BCUT2D eigenvalue weighted by molar-refractivity contribution is 7.18. The summed E-state index contributed by atoms with van der Waals surface area (Å²) in [5.41, 5.74) is 2.20. The lowest BCUT2D eigenvalue weighted by molar-refractivity contribution is 0.0988. The maximum Gasteiger partial charge on any atom is 0.289 e. The Kier molecular flexibility index (Phi) is 2.97. The van der Waals surface area contributed by atoms with Gasteiger partial charge in [0.1, 0.15) is 0 Å². The fourth-order valence-corrected chi connectivity index (χ4v) is 3.54. The van der Waals surface area contributed by atoms with E-state index in [0.29, 0.717) is 16.5 Å². The number of rotatable bonds is 2. The van der Waals surface area contributed by atoms with Gasteiger partial charge in [-0.05, 0) is 18.1 Å². The molecular weight excluding hydrogens is 298 g/mol. The van der Waals surface area contributed by atoms with Gasteiger partial charge < -0.3 is 4.90 Å². The predicted molar refractivity (Wildman–Crippen MR) is 84.6 cm³/mol. The number of carbonyl (C=O) groups excluding carboxylic acids is 1. The molecule has 0 fully saturated rings. The second-order valence-electron chi connectivity index (χ2n) is 5.65. The molecule has 0 spiro atoms. The molecule has 112 valence electrons. The lowest BCUT2D eigenvalue weighted by Gasteiger charge is -2.15. The Hall–Kier alpha value is -2.28. The first-order valence-electron chi connectivity index (χ1n) is 7.27. The van der Waals surface area contributed by atoms with Gasteiger partial charge >= 0.3 is 0 Å². The summed E-state index contributed by atoms with van der Waals surface area (Å²) in [6.07, 6.45) is 0.892. The summed E-state index contributed by atoms with van der Waals surface area (Å²) < 4.78 is 1.69. The van der Waals surface area contributed by atoms with Gasteiger partial charge in [0.2, 0.25) is 9.97 Å². The number of amides is 1. The molecule has 2 aromatic heterocycles. The smallest absolute Gasteiger partial charge is 0.289 e. The molecular formula is C15H15N5OS. The Balaban J connectivity index is 1.72. The molecule has 0 radical (unpaired) electrons. The molecule has 1 aliphatic rings. The molecule has 1 amide bonds. The standard InChI is InChI=1S/C15H15N5OS/c1-9(2)12-16-17-15-20(12)18-13(22-15)14(21)19-8-7-10-5-3-4-6-11(10)19/h3-6,9H,7-8H2,1-2H3. The van der Waals surface area contributed by atoms with Crippen molar-refractivity contribution in [2.75, 3.05) is 11.4 Å². The van der Waals surface area contributed by atoms with E-state index in [4.69, 9.17) is 0 Å². The Labute approximate surface area is 131 Å². The fraction of sp³-hybridized carbons (Fsp3) is 0.333.